The van der Waals surface area contributed by atoms with Crippen LogP contribution < -0.4 is 0 Å². The second kappa shape index (κ2) is 15.3. The normalized spacial score (nSPS) is 46.4. The molecule has 0 unspecified atom stereocenters. The van der Waals surface area contributed by atoms with E-state index in [0.717, 1.165) is 19.3 Å². The Morgan fingerprint density at radius 2 is 1.49 bits per heavy atom. The highest BCUT2D eigenvalue weighted by molar-refractivity contribution is 5.88. The fraction of sp³-hybridized carbons (Fsp3) is 0.783. The van der Waals surface area contributed by atoms with Gasteiger partial charge < -0.3 is 44.5 Å². The molecule has 57 heavy (non-hydrogen) atoms. The standard InChI is InChI=1S/C46H70O11/c1-12-25(3)38(52)56-36-29(23-47)54-40(35(51)37(36)57-39(53)26(4)13-2)55-34-22-41(5,6)20-28-27-14-15-31-43(9)18-17-32(49)42(7,8)30(43)16-19-44(31,10)45(27,11)21-33(50)46(28,34)24-48/h12-14,17-18,28-37,40,47-51H,15-16,19-24H2,1-11H3/b25-12-,26-13-/t28-,29+,30-,31+,32-,33+,34-,35+,36+,37+,40-,43-,44+,45+,46-/m0/s1. The summed E-state index contributed by atoms with van der Waals surface area (Å²) >= 11 is 0. The number of ether oxygens (including phenoxy) is 4. The maximum Gasteiger partial charge on any atom is 0.333 e. The minimum atomic E-state index is -1.66. The molecule has 0 bridgehead atoms. The molecular formula is C46H70O11. The Hall–Kier alpha value is -2.38. The first-order valence-electron chi connectivity index (χ1n) is 21.2. The highest BCUT2D eigenvalue weighted by atomic mass is 16.7. The number of esters is 2. The summed E-state index contributed by atoms with van der Waals surface area (Å²) in [6.07, 6.45) is 4.53. The van der Waals surface area contributed by atoms with Gasteiger partial charge in [0.25, 0.3) is 0 Å². The molecule has 1 heterocycles. The van der Waals surface area contributed by atoms with E-state index >= 15 is 0 Å². The predicted octanol–water partition coefficient (Wildman–Crippen LogP) is 5.72. The van der Waals surface area contributed by atoms with Crippen LogP contribution in [0.5, 0.6) is 0 Å². The third-order valence-electron chi connectivity index (χ3n) is 16.7. The molecule has 0 radical (unpaired) electrons. The van der Waals surface area contributed by atoms with E-state index in [1.165, 1.54) is 5.57 Å². The second-order valence-electron chi connectivity index (χ2n) is 20.4. The SMILES string of the molecule is C/C=C(/C)C(=O)O[C@@H]1[C@@H](O)[C@H](O[C@H]2CC(C)(C)C[C@H]3C4=CC[C@@H]5[C@@]6(C)C=C[C@H](O)C(C)(C)[C@@H]6CC[C@@]5(C)[C@]4(C)C[C@@H](O)[C@@]23CO)O[C@H](CO)[C@H]1OC(=O)/C(C)=C\C. The Kier molecular flexibility index (Phi) is 11.8. The summed E-state index contributed by atoms with van der Waals surface area (Å²) in [4.78, 5) is 26.2. The highest BCUT2D eigenvalue weighted by Gasteiger charge is 2.71. The zero-order valence-electron chi connectivity index (χ0n) is 36.1. The number of aliphatic hydroxyl groups is 5. The first-order valence-corrected chi connectivity index (χ1v) is 21.2. The molecule has 0 aromatic heterocycles. The molecule has 3 saturated carbocycles. The lowest BCUT2D eigenvalue weighted by Crippen LogP contribution is -2.70. The fourth-order valence-corrected chi connectivity index (χ4v) is 12.8. The molecule has 0 spiro atoms. The molecule has 6 rings (SSSR count). The largest absolute Gasteiger partial charge is 0.452 e. The molecule has 11 heteroatoms. The zero-order valence-corrected chi connectivity index (χ0v) is 36.1. The van der Waals surface area contributed by atoms with Crippen molar-refractivity contribution in [1.29, 1.82) is 0 Å². The fourth-order valence-electron chi connectivity index (χ4n) is 12.8. The Morgan fingerprint density at radius 3 is 2.07 bits per heavy atom. The van der Waals surface area contributed by atoms with E-state index in [9.17, 15) is 35.1 Å². The zero-order chi connectivity index (χ0) is 42.3. The van der Waals surface area contributed by atoms with Crippen molar-refractivity contribution in [2.75, 3.05) is 13.2 Å². The number of rotatable bonds is 8. The molecule has 6 aliphatic rings. The van der Waals surface area contributed by atoms with Gasteiger partial charge in [-0.1, -0.05) is 84.4 Å². The van der Waals surface area contributed by atoms with Crippen molar-refractivity contribution < 1.29 is 54.1 Å². The summed E-state index contributed by atoms with van der Waals surface area (Å²) in [5.74, 6) is -1.17. The molecule has 4 fully saturated rings. The molecular weight excluding hydrogens is 728 g/mol. The summed E-state index contributed by atoms with van der Waals surface area (Å²) < 4.78 is 24.6. The average Bonchev–Trinajstić information content (AvgIpc) is 3.14. The summed E-state index contributed by atoms with van der Waals surface area (Å²) in [6, 6.07) is 0. The molecule has 1 saturated heterocycles. The van der Waals surface area contributed by atoms with Crippen molar-refractivity contribution in [1.82, 2.24) is 0 Å². The van der Waals surface area contributed by atoms with Gasteiger partial charge in [-0.3, -0.25) is 0 Å². The van der Waals surface area contributed by atoms with Crippen LogP contribution in [0.4, 0.5) is 0 Å². The van der Waals surface area contributed by atoms with Gasteiger partial charge in [0.2, 0.25) is 0 Å². The third kappa shape index (κ3) is 6.74. The van der Waals surface area contributed by atoms with E-state index in [1.807, 2.05) is 6.08 Å². The monoisotopic (exact) mass is 798 g/mol. The second-order valence-corrected chi connectivity index (χ2v) is 20.4. The van der Waals surface area contributed by atoms with Crippen LogP contribution in [0.1, 0.15) is 115 Å². The van der Waals surface area contributed by atoms with Gasteiger partial charge in [0.05, 0.1) is 36.9 Å². The van der Waals surface area contributed by atoms with Crippen molar-refractivity contribution in [2.45, 2.75) is 164 Å². The van der Waals surface area contributed by atoms with Crippen molar-refractivity contribution in [3.63, 3.8) is 0 Å². The first-order chi connectivity index (χ1) is 26.5. The van der Waals surface area contributed by atoms with Gasteiger partial charge in [-0.25, -0.2) is 9.59 Å². The van der Waals surface area contributed by atoms with Crippen molar-refractivity contribution in [3.05, 3.63) is 47.1 Å². The van der Waals surface area contributed by atoms with Crippen LogP contribution >= 0.6 is 0 Å². The maximum atomic E-state index is 13.2. The minimum absolute atomic E-state index is 0.157. The summed E-state index contributed by atoms with van der Waals surface area (Å²) in [6.45, 7) is 21.2. The number of hydrogen-bond donors (Lipinski definition) is 5. The number of hydrogen-bond acceptors (Lipinski definition) is 11. The van der Waals surface area contributed by atoms with Gasteiger partial charge in [0.1, 0.15) is 12.2 Å². The molecule has 1 aliphatic heterocycles. The lowest BCUT2D eigenvalue weighted by Gasteiger charge is -2.71. The summed E-state index contributed by atoms with van der Waals surface area (Å²) in [7, 11) is 0. The average molecular weight is 799 g/mol. The van der Waals surface area contributed by atoms with Gasteiger partial charge in [-0.2, -0.15) is 0 Å². The molecule has 0 aromatic carbocycles. The first kappa shape index (κ1) is 44.2. The maximum absolute atomic E-state index is 13.2. The van der Waals surface area contributed by atoms with E-state index in [0.29, 0.717) is 25.2 Å². The van der Waals surface area contributed by atoms with Crippen LogP contribution in [-0.2, 0) is 28.5 Å². The molecule has 5 aliphatic carbocycles. The van der Waals surface area contributed by atoms with Gasteiger partial charge in [-0.15, -0.1) is 0 Å². The predicted molar refractivity (Wildman–Crippen MR) is 214 cm³/mol. The number of fused-ring (bicyclic) bond motifs is 7. The van der Waals surface area contributed by atoms with E-state index in [4.69, 9.17) is 18.9 Å². The van der Waals surface area contributed by atoms with Crippen molar-refractivity contribution in [2.24, 2.45) is 50.2 Å². The van der Waals surface area contributed by atoms with E-state index in [1.54, 1.807) is 39.8 Å². The number of carbonyl (C=O) groups is 2. The number of carbonyl (C=O) groups excluding carboxylic acids is 2. The number of allylic oxidation sites excluding steroid dienone is 5. The highest BCUT2D eigenvalue weighted by Crippen LogP contribution is 2.75. The van der Waals surface area contributed by atoms with E-state index in [-0.39, 0.29) is 51.2 Å². The van der Waals surface area contributed by atoms with Crippen molar-refractivity contribution >= 4 is 11.9 Å². The Labute approximate surface area is 339 Å². The lowest BCUT2D eigenvalue weighted by atomic mass is 9.33. The topological polar surface area (TPSA) is 172 Å². The van der Waals surface area contributed by atoms with E-state index < -0.39 is 78.4 Å². The van der Waals surface area contributed by atoms with Crippen LogP contribution in [0, 0.1) is 50.2 Å². The van der Waals surface area contributed by atoms with Crippen LogP contribution in [0.2, 0.25) is 0 Å². The summed E-state index contributed by atoms with van der Waals surface area (Å²) in [5.41, 5.74) is -0.737. The molecule has 15 atom stereocenters. The van der Waals surface area contributed by atoms with Gasteiger partial charge in [-0.05, 0) is 111 Å². The van der Waals surface area contributed by atoms with Crippen LogP contribution in [0.25, 0.3) is 0 Å². The number of aliphatic hydroxyl groups excluding tert-OH is 5. The minimum Gasteiger partial charge on any atom is -0.452 e. The smallest absolute Gasteiger partial charge is 0.333 e. The Balaban J connectivity index is 1.38. The third-order valence-corrected chi connectivity index (χ3v) is 16.7. The van der Waals surface area contributed by atoms with Gasteiger partial charge in [0, 0.05) is 11.1 Å². The van der Waals surface area contributed by atoms with Crippen molar-refractivity contribution in [3.8, 4) is 0 Å². The van der Waals surface area contributed by atoms with E-state index in [2.05, 4.69) is 60.6 Å². The van der Waals surface area contributed by atoms with Gasteiger partial charge >= 0.3 is 11.9 Å². The Bertz CT molecular complexity index is 1690. The molecule has 11 nitrogen and oxygen atoms in total. The van der Waals surface area contributed by atoms with Gasteiger partial charge in [0.15, 0.2) is 18.5 Å². The van der Waals surface area contributed by atoms with Crippen LogP contribution in [-0.4, -0.2) is 99.7 Å². The van der Waals surface area contributed by atoms with Crippen LogP contribution in [0.15, 0.2) is 47.1 Å². The Morgan fingerprint density at radius 1 is 0.877 bits per heavy atom. The molecule has 0 aromatic rings. The molecule has 0 amide bonds. The molecule has 320 valence electrons. The lowest BCUT2D eigenvalue weighted by molar-refractivity contribution is -0.339. The van der Waals surface area contributed by atoms with Crippen LogP contribution in [0.3, 0.4) is 0 Å². The molecule has 5 N–H and O–H groups in total. The summed E-state index contributed by atoms with van der Waals surface area (Å²) in [5, 5.41) is 57.9. The quantitative estimate of drug-likeness (QED) is 0.116.